The minimum Gasteiger partial charge on any atom is -0.342 e. The highest BCUT2D eigenvalue weighted by Gasteiger charge is 2.03. The second-order valence-electron chi connectivity index (χ2n) is 2.03. The first-order chi connectivity index (χ1) is 5.27. The second-order valence-corrected chi connectivity index (χ2v) is 2.82. The smallest absolute Gasteiger partial charge is 0.180 e. The van der Waals surface area contributed by atoms with E-state index in [1.54, 1.807) is 6.07 Å². The number of nitrogens with one attached hydrogen (secondary N) is 1. The average molecular weight is 188 g/mol. The van der Waals surface area contributed by atoms with E-state index >= 15 is 0 Å². The summed E-state index contributed by atoms with van der Waals surface area (Å²) in [5.41, 5.74) is 1.26. The molecule has 0 aliphatic rings. The van der Waals surface area contributed by atoms with Gasteiger partial charge in [0, 0.05) is 0 Å². The van der Waals surface area contributed by atoms with Crippen LogP contribution in [0.15, 0.2) is 12.4 Å². The Morgan fingerprint density at radius 2 is 2.18 bits per heavy atom. The van der Waals surface area contributed by atoms with Crippen molar-refractivity contribution in [1.29, 1.82) is 0 Å². The fraction of sp³-hybridized carbons (Fsp3) is 0. The maximum Gasteiger partial charge on any atom is 0.180 e. The van der Waals surface area contributed by atoms with E-state index in [0.29, 0.717) is 15.8 Å². The SMILES string of the molecule is Clc1cc(Cl)c2[nH]cnc2n1. The van der Waals surface area contributed by atoms with Crippen LogP contribution in [0.2, 0.25) is 10.2 Å². The molecular weight excluding hydrogens is 185 g/mol. The molecule has 56 valence electrons. The molecule has 0 spiro atoms. The monoisotopic (exact) mass is 187 g/mol. The largest absolute Gasteiger partial charge is 0.342 e. The normalized spacial score (nSPS) is 10.7. The van der Waals surface area contributed by atoms with Gasteiger partial charge in [-0.2, -0.15) is 0 Å². The third-order valence-corrected chi connectivity index (χ3v) is 1.81. The highest BCUT2D eigenvalue weighted by atomic mass is 35.5. The molecule has 0 aromatic carbocycles. The Labute approximate surface area is 72.4 Å². The summed E-state index contributed by atoms with van der Waals surface area (Å²) in [7, 11) is 0. The predicted molar refractivity (Wildman–Crippen MR) is 43.9 cm³/mol. The molecule has 0 aliphatic carbocycles. The van der Waals surface area contributed by atoms with Crippen LogP contribution in [0.5, 0.6) is 0 Å². The van der Waals surface area contributed by atoms with Crippen LogP contribution in [-0.4, -0.2) is 15.0 Å². The third-order valence-electron chi connectivity index (χ3n) is 1.32. The van der Waals surface area contributed by atoms with Crippen LogP contribution in [-0.2, 0) is 0 Å². The van der Waals surface area contributed by atoms with Gasteiger partial charge in [0.05, 0.1) is 11.3 Å². The molecule has 0 atom stereocenters. The number of pyridine rings is 1. The number of halogens is 2. The van der Waals surface area contributed by atoms with E-state index in [1.165, 1.54) is 6.33 Å². The molecule has 11 heavy (non-hydrogen) atoms. The number of aromatic amines is 1. The Morgan fingerprint density at radius 3 is 3.00 bits per heavy atom. The Kier molecular flexibility index (Phi) is 1.47. The Hall–Kier alpha value is -0.800. The molecule has 2 aromatic heterocycles. The number of imidazole rings is 1. The first-order valence-corrected chi connectivity index (χ1v) is 3.68. The lowest BCUT2D eigenvalue weighted by Crippen LogP contribution is -1.78. The molecule has 1 N–H and O–H groups in total. The van der Waals surface area contributed by atoms with Crippen molar-refractivity contribution in [2.45, 2.75) is 0 Å². The molecule has 0 amide bonds. The van der Waals surface area contributed by atoms with Crippen LogP contribution < -0.4 is 0 Å². The van der Waals surface area contributed by atoms with Crippen LogP contribution in [0.25, 0.3) is 11.2 Å². The van der Waals surface area contributed by atoms with E-state index in [0.717, 1.165) is 5.52 Å². The van der Waals surface area contributed by atoms with E-state index < -0.39 is 0 Å². The zero-order valence-electron chi connectivity index (χ0n) is 5.31. The molecule has 3 nitrogen and oxygen atoms in total. The molecule has 0 saturated carbocycles. The van der Waals surface area contributed by atoms with Crippen molar-refractivity contribution >= 4 is 34.4 Å². The number of aromatic nitrogens is 3. The maximum atomic E-state index is 5.81. The van der Waals surface area contributed by atoms with E-state index in [9.17, 15) is 0 Å². The summed E-state index contributed by atoms with van der Waals surface area (Å²) in [4.78, 5) is 10.7. The third kappa shape index (κ3) is 1.06. The van der Waals surface area contributed by atoms with Crippen LogP contribution >= 0.6 is 23.2 Å². The van der Waals surface area contributed by atoms with Crippen molar-refractivity contribution in [2.24, 2.45) is 0 Å². The summed E-state index contributed by atoms with van der Waals surface area (Å²) in [6, 6.07) is 1.57. The van der Waals surface area contributed by atoms with E-state index in [-0.39, 0.29) is 0 Å². The van der Waals surface area contributed by atoms with E-state index in [4.69, 9.17) is 23.2 Å². The minimum atomic E-state index is 0.356. The number of rotatable bonds is 0. The van der Waals surface area contributed by atoms with E-state index in [2.05, 4.69) is 15.0 Å². The van der Waals surface area contributed by atoms with Gasteiger partial charge in [-0.15, -0.1) is 0 Å². The molecule has 0 bridgehead atoms. The molecule has 2 aromatic rings. The fourth-order valence-electron chi connectivity index (χ4n) is 0.858. The van der Waals surface area contributed by atoms with Crippen LogP contribution in [0.3, 0.4) is 0 Å². The highest BCUT2D eigenvalue weighted by Crippen LogP contribution is 2.21. The van der Waals surface area contributed by atoms with Crippen molar-refractivity contribution in [3.8, 4) is 0 Å². The van der Waals surface area contributed by atoms with Gasteiger partial charge in [0.25, 0.3) is 0 Å². The van der Waals surface area contributed by atoms with Crippen LogP contribution in [0.4, 0.5) is 0 Å². The van der Waals surface area contributed by atoms with Crippen molar-refractivity contribution in [2.75, 3.05) is 0 Å². The van der Waals surface area contributed by atoms with Gasteiger partial charge in [0.1, 0.15) is 10.7 Å². The van der Waals surface area contributed by atoms with Gasteiger partial charge < -0.3 is 4.98 Å². The number of nitrogens with zero attached hydrogens (tertiary/aromatic N) is 2. The lowest BCUT2D eigenvalue weighted by molar-refractivity contribution is 1.30. The standard InChI is InChI=1S/C6H3Cl2N3/c7-3-1-4(8)11-6-5(3)9-2-10-6/h1-2H,(H,9,10,11). The maximum absolute atomic E-state index is 5.81. The first-order valence-electron chi connectivity index (χ1n) is 2.92. The predicted octanol–water partition coefficient (Wildman–Crippen LogP) is 2.26. The van der Waals surface area contributed by atoms with Gasteiger partial charge in [0.2, 0.25) is 0 Å². The zero-order valence-corrected chi connectivity index (χ0v) is 6.82. The summed E-state index contributed by atoms with van der Waals surface area (Å²) in [5.74, 6) is 0. The number of fused-ring (bicyclic) bond motifs is 1. The second kappa shape index (κ2) is 2.36. The summed E-state index contributed by atoms with van der Waals surface area (Å²) in [6.07, 6.45) is 1.53. The van der Waals surface area contributed by atoms with Crippen molar-refractivity contribution < 1.29 is 0 Å². The Morgan fingerprint density at radius 1 is 1.36 bits per heavy atom. The number of hydrogen-bond acceptors (Lipinski definition) is 2. The Bertz CT molecular complexity index is 396. The molecule has 0 radical (unpaired) electrons. The Balaban J connectivity index is 2.91. The van der Waals surface area contributed by atoms with Gasteiger partial charge >= 0.3 is 0 Å². The molecule has 2 heterocycles. The van der Waals surface area contributed by atoms with Crippen molar-refractivity contribution in [1.82, 2.24) is 15.0 Å². The first kappa shape index (κ1) is 6.88. The topological polar surface area (TPSA) is 41.6 Å². The molecule has 0 fully saturated rings. The van der Waals surface area contributed by atoms with Gasteiger partial charge in [-0.25, -0.2) is 9.97 Å². The summed E-state index contributed by atoms with van der Waals surface area (Å²) in [5, 5.41) is 0.895. The summed E-state index contributed by atoms with van der Waals surface area (Å²) in [6.45, 7) is 0. The number of hydrogen-bond donors (Lipinski definition) is 1. The summed E-state index contributed by atoms with van der Waals surface area (Å²) >= 11 is 11.4. The molecule has 5 heteroatoms. The fourth-order valence-corrected chi connectivity index (χ4v) is 1.35. The van der Waals surface area contributed by atoms with Crippen molar-refractivity contribution in [3.05, 3.63) is 22.6 Å². The highest BCUT2D eigenvalue weighted by molar-refractivity contribution is 6.37. The quantitative estimate of drug-likeness (QED) is 0.644. The van der Waals surface area contributed by atoms with Gasteiger partial charge in [0.15, 0.2) is 5.65 Å². The molecule has 0 aliphatic heterocycles. The van der Waals surface area contributed by atoms with Crippen LogP contribution in [0.1, 0.15) is 0 Å². The summed E-state index contributed by atoms with van der Waals surface area (Å²) < 4.78 is 0. The zero-order chi connectivity index (χ0) is 7.84. The van der Waals surface area contributed by atoms with Gasteiger partial charge in [-0.1, -0.05) is 23.2 Å². The average Bonchev–Trinajstić information content (AvgIpc) is 2.34. The van der Waals surface area contributed by atoms with E-state index in [1.807, 2.05) is 0 Å². The lowest BCUT2D eigenvalue weighted by atomic mass is 10.4. The van der Waals surface area contributed by atoms with Gasteiger partial charge in [-0.05, 0) is 6.07 Å². The van der Waals surface area contributed by atoms with Gasteiger partial charge in [-0.3, -0.25) is 0 Å². The van der Waals surface area contributed by atoms with Crippen LogP contribution in [0, 0.1) is 0 Å². The lowest BCUT2D eigenvalue weighted by Gasteiger charge is -1.91. The molecular formula is C6H3Cl2N3. The molecule has 0 unspecified atom stereocenters. The number of H-pyrrole nitrogens is 1. The molecule has 0 saturated heterocycles. The minimum absolute atomic E-state index is 0.356. The van der Waals surface area contributed by atoms with Crippen molar-refractivity contribution in [3.63, 3.8) is 0 Å². The molecule has 2 rings (SSSR count).